The van der Waals surface area contributed by atoms with E-state index in [2.05, 4.69) is 45.0 Å². The third kappa shape index (κ3) is 5.98. The van der Waals surface area contributed by atoms with Gasteiger partial charge in [0, 0.05) is 0 Å². The first-order chi connectivity index (χ1) is 13.6. The summed E-state index contributed by atoms with van der Waals surface area (Å²) in [4.78, 5) is 0. The fraction of sp³-hybridized carbons (Fsp3) is 0.500. The third-order valence-electron chi connectivity index (χ3n) is 5.59. The van der Waals surface area contributed by atoms with E-state index in [1.807, 2.05) is 24.3 Å². The van der Waals surface area contributed by atoms with Crippen LogP contribution in [-0.2, 0) is 5.41 Å². The third-order valence-corrected chi connectivity index (χ3v) is 5.59. The highest BCUT2D eigenvalue weighted by molar-refractivity contribution is 5.34. The molecule has 0 radical (unpaired) electrons. The summed E-state index contributed by atoms with van der Waals surface area (Å²) >= 11 is 0. The molecular weight excluding hydrogens is 352 g/mol. The minimum Gasteiger partial charge on any atom is -0.491 e. The SMILES string of the molecule is CCC(CC(C)(CC)c1ccc(OCCO)cc1)c1ccc(OCCO)cc1. The van der Waals surface area contributed by atoms with Crippen molar-refractivity contribution in [3.8, 4) is 11.5 Å². The van der Waals surface area contributed by atoms with Crippen LogP contribution in [0, 0.1) is 0 Å². The Morgan fingerprint density at radius 3 is 1.75 bits per heavy atom. The van der Waals surface area contributed by atoms with Crippen LogP contribution in [-0.4, -0.2) is 36.6 Å². The number of hydrogen-bond donors (Lipinski definition) is 2. The van der Waals surface area contributed by atoms with E-state index >= 15 is 0 Å². The zero-order valence-electron chi connectivity index (χ0n) is 17.4. The summed E-state index contributed by atoms with van der Waals surface area (Å²) in [5.74, 6) is 2.05. The Labute approximate surface area is 169 Å². The van der Waals surface area contributed by atoms with Crippen molar-refractivity contribution in [2.75, 3.05) is 26.4 Å². The maximum absolute atomic E-state index is 8.90. The molecule has 0 saturated carbocycles. The number of aliphatic hydroxyl groups excluding tert-OH is 2. The summed E-state index contributed by atoms with van der Waals surface area (Å²) in [6.07, 6.45) is 3.19. The molecule has 0 fully saturated rings. The summed E-state index contributed by atoms with van der Waals surface area (Å²) in [6, 6.07) is 16.5. The van der Waals surface area contributed by atoms with Gasteiger partial charge in [-0.05, 0) is 66.0 Å². The van der Waals surface area contributed by atoms with Crippen molar-refractivity contribution in [3.05, 3.63) is 59.7 Å². The van der Waals surface area contributed by atoms with E-state index in [0.29, 0.717) is 19.1 Å². The lowest BCUT2D eigenvalue weighted by Crippen LogP contribution is -2.24. The Hall–Kier alpha value is -2.04. The molecular formula is C24H34O4. The molecule has 4 nitrogen and oxygen atoms in total. The van der Waals surface area contributed by atoms with E-state index in [9.17, 15) is 0 Å². The standard InChI is InChI=1S/C24H34O4/c1-4-19(20-6-10-22(11-7-20)27-16-14-25)18-24(3,5-2)21-8-12-23(13-9-21)28-17-15-26/h6-13,19,25-26H,4-5,14-18H2,1-3H3. The average Bonchev–Trinajstić information content (AvgIpc) is 2.75. The molecule has 0 aromatic heterocycles. The number of aliphatic hydroxyl groups is 2. The van der Waals surface area contributed by atoms with Crippen LogP contribution in [0.2, 0.25) is 0 Å². The van der Waals surface area contributed by atoms with Gasteiger partial charge in [-0.3, -0.25) is 0 Å². The van der Waals surface area contributed by atoms with Crippen LogP contribution in [0.3, 0.4) is 0 Å². The van der Waals surface area contributed by atoms with Gasteiger partial charge in [0.1, 0.15) is 24.7 Å². The lowest BCUT2D eigenvalue weighted by atomic mass is 9.71. The van der Waals surface area contributed by atoms with Gasteiger partial charge in [-0.25, -0.2) is 0 Å². The van der Waals surface area contributed by atoms with Crippen LogP contribution in [0.1, 0.15) is 57.1 Å². The van der Waals surface area contributed by atoms with Crippen LogP contribution in [0.15, 0.2) is 48.5 Å². The lowest BCUT2D eigenvalue weighted by Gasteiger charge is -2.33. The maximum Gasteiger partial charge on any atom is 0.119 e. The highest BCUT2D eigenvalue weighted by Gasteiger charge is 2.28. The quantitative estimate of drug-likeness (QED) is 0.556. The van der Waals surface area contributed by atoms with Gasteiger partial charge >= 0.3 is 0 Å². The normalized spacial score (nSPS) is 14.3. The first-order valence-electron chi connectivity index (χ1n) is 10.2. The Bertz CT molecular complexity index is 681. The first kappa shape index (κ1) is 22.3. The van der Waals surface area contributed by atoms with Crippen molar-refractivity contribution in [1.82, 2.24) is 0 Å². The number of rotatable bonds is 12. The molecule has 2 aromatic carbocycles. The van der Waals surface area contributed by atoms with Gasteiger partial charge in [0.15, 0.2) is 0 Å². The fourth-order valence-corrected chi connectivity index (χ4v) is 3.62. The van der Waals surface area contributed by atoms with Crippen LogP contribution in [0.25, 0.3) is 0 Å². The monoisotopic (exact) mass is 386 g/mol. The van der Waals surface area contributed by atoms with Crippen molar-refractivity contribution in [3.63, 3.8) is 0 Å². The van der Waals surface area contributed by atoms with Crippen molar-refractivity contribution in [1.29, 1.82) is 0 Å². The minimum absolute atomic E-state index is 0.0242. The highest BCUT2D eigenvalue weighted by Crippen LogP contribution is 2.40. The second-order valence-electron chi connectivity index (χ2n) is 7.46. The molecule has 2 aromatic rings. The molecule has 0 bridgehead atoms. The molecule has 2 unspecified atom stereocenters. The Morgan fingerprint density at radius 2 is 1.32 bits per heavy atom. The maximum atomic E-state index is 8.90. The first-order valence-corrected chi connectivity index (χ1v) is 10.2. The predicted molar refractivity (Wildman–Crippen MR) is 113 cm³/mol. The molecule has 154 valence electrons. The molecule has 0 heterocycles. The number of ether oxygens (including phenoxy) is 2. The molecule has 2 rings (SSSR count). The van der Waals surface area contributed by atoms with Gasteiger partial charge in [0.25, 0.3) is 0 Å². The van der Waals surface area contributed by atoms with Crippen LogP contribution in [0.4, 0.5) is 0 Å². The van der Waals surface area contributed by atoms with Gasteiger partial charge in [-0.15, -0.1) is 0 Å². The van der Waals surface area contributed by atoms with E-state index in [1.165, 1.54) is 11.1 Å². The van der Waals surface area contributed by atoms with Gasteiger partial charge < -0.3 is 19.7 Å². The summed E-state index contributed by atoms with van der Waals surface area (Å²) in [5, 5.41) is 17.8. The predicted octanol–water partition coefficient (Wildman–Crippen LogP) is 4.68. The summed E-state index contributed by atoms with van der Waals surface area (Å²) in [6.45, 7) is 7.51. The summed E-state index contributed by atoms with van der Waals surface area (Å²) in [7, 11) is 0. The zero-order valence-corrected chi connectivity index (χ0v) is 17.4. The van der Waals surface area contributed by atoms with Crippen LogP contribution >= 0.6 is 0 Å². The average molecular weight is 387 g/mol. The van der Waals surface area contributed by atoms with E-state index in [0.717, 1.165) is 30.8 Å². The van der Waals surface area contributed by atoms with E-state index in [-0.39, 0.29) is 18.6 Å². The summed E-state index contributed by atoms with van der Waals surface area (Å²) in [5.41, 5.74) is 2.71. The molecule has 28 heavy (non-hydrogen) atoms. The fourth-order valence-electron chi connectivity index (χ4n) is 3.62. The van der Waals surface area contributed by atoms with Gasteiger partial charge in [-0.1, -0.05) is 45.0 Å². The smallest absolute Gasteiger partial charge is 0.119 e. The Balaban J connectivity index is 2.13. The van der Waals surface area contributed by atoms with Gasteiger partial charge in [0.2, 0.25) is 0 Å². The lowest BCUT2D eigenvalue weighted by molar-refractivity contribution is 0.201. The van der Waals surface area contributed by atoms with Crippen molar-refractivity contribution in [2.24, 2.45) is 0 Å². The van der Waals surface area contributed by atoms with Crippen LogP contribution in [0.5, 0.6) is 11.5 Å². The zero-order chi connectivity index (χ0) is 20.4. The second-order valence-corrected chi connectivity index (χ2v) is 7.46. The van der Waals surface area contributed by atoms with E-state index in [1.54, 1.807) is 0 Å². The largest absolute Gasteiger partial charge is 0.491 e. The van der Waals surface area contributed by atoms with Crippen LogP contribution < -0.4 is 9.47 Å². The Morgan fingerprint density at radius 1 is 0.821 bits per heavy atom. The number of benzene rings is 2. The molecule has 4 heteroatoms. The van der Waals surface area contributed by atoms with Crippen molar-refractivity contribution < 1.29 is 19.7 Å². The Kier molecular flexibility index (Phi) is 8.81. The molecule has 0 aliphatic rings. The highest BCUT2D eigenvalue weighted by atomic mass is 16.5. The second kappa shape index (κ2) is 11.1. The molecule has 2 N–H and O–H groups in total. The molecule has 0 amide bonds. The molecule has 0 saturated heterocycles. The number of hydrogen-bond acceptors (Lipinski definition) is 4. The van der Waals surface area contributed by atoms with E-state index < -0.39 is 0 Å². The topological polar surface area (TPSA) is 58.9 Å². The van der Waals surface area contributed by atoms with E-state index in [4.69, 9.17) is 19.7 Å². The minimum atomic E-state index is 0.0242. The van der Waals surface area contributed by atoms with Crippen molar-refractivity contribution >= 4 is 0 Å². The summed E-state index contributed by atoms with van der Waals surface area (Å²) < 4.78 is 11.0. The van der Waals surface area contributed by atoms with Crippen molar-refractivity contribution in [2.45, 2.75) is 51.4 Å². The van der Waals surface area contributed by atoms with Gasteiger partial charge in [-0.2, -0.15) is 0 Å². The molecule has 2 atom stereocenters. The van der Waals surface area contributed by atoms with Gasteiger partial charge in [0.05, 0.1) is 13.2 Å². The molecule has 0 spiro atoms. The molecule has 0 aliphatic carbocycles. The molecule has 0 aliphatic heterocycles.